The first kappa shape index (κ1) is 21.7. The molecule has 158 valence electrons. The minimum Gasteiger partial charge on any atom is -0.497 e. The molecule has 0 amide bonds. The number of hydrogen-bond acceptors (Lipinski definition) is 7. The van der Waals surface area contributed by atoms with Crippen LogP contribution in [-0.2, 0) is 16.1 Å². The third-order valence-electron chi connectivity index (χ3n) is 4.44. The van der Waals surface area contributed by atoms with Crippen LogP contribution in [-0.4, -0.2) is 42.1 Å². The molecule has 1 aromatic heterocycles. The van der Waals surface area contributed by atoms with E-state index in [-0.39, 0.29) is 24.5 Å². The molecule has 3 rings (SSSR count). The van der Waals surface area contributed by atoms with E-state index < -0.39 is 0 Å². The topological polar surface area (TPSA) is 79.7 Å². The average Bonchev–Trinajstić information content (AvgIpc) is 2.78. The highest BCUT2D eigenvalue weighted by atomic mass is 32.2. The summed E-state index contributed by atoms with van der Waals surface area (Å²) < 4.78 is 17.1. The maximum atomic E-state index is 12.9. The maximum Gasteiger partial charge on any atom is 0.307 e. The number of fused-ring (bicyclic) bond motifs is 1. The van der Waals surface area contributed by atoms with Crippen molar-refractivity contribution in [1.82, 2.24) is 9.55 Å². The Balaban J connectivity index is 1.64. The Morgan fingerprint density at radius 2 is 1.80 bits per heavy atom. The van der Waals surface area contributed by atoms with Gasteiger partial charge in [-0.05, 0) is 42.8 Å². The molecule has 0 spiro atoms. The molecular weight excluding hydrogens is 404 g/mol. The smallest absolute Gasteiger partial charge is 0.307 e. The summed E-state index contributed by atoms with van der Waals surface area (Å²) in [5.74, 6) is 1.92. The van der Waals surface area contributed by atoms with Gasteiger partial charge in [0.05, 0.1) is 38.2 Å². The molecule has 0 aliphatic heterocycles. The van der Waals surface area contributed by atoms with Crippen molar-refractivity contribution in [1.29, 1.82) is 0 Å². The van der Waals surface area contributed by atoms with Crippen LogP contribution in [0.5, 0.6) is 11.5 Å². The van der Waals surface area contributed by atoms with E-state index in [0.717, 1.165) is 23.7 Å². The first-order valence-corrected chi connectivity index (χ1v) is 10.6. The lowest BCUT2D eigenvalue weighted by molar-refractivity contribution is -0.140. The van der Waals surface area contributed by atoms with Crippen LogP contribution in [0.15, 0.2) is 58.5 Å². The quantitative estimate of drug-likeness (QED) is 0.211. The molecule has 0 saturated carbocycles. The zero-order chi connectivity index (χ0) is 21.3. The van der Waals surface area contributed by atoms with Crippen LogP contribution in [0.1, 0.15) is 12.8 Å². The number of para-hydroxylation sites is 1. The molecule has 0 aliphatic rings. The van der Waals surface area contributed by atoms with Gasteiger partial charge in [-0.1, -0.05) is 23.9 Å². The number of aromatic nitrogens is 2. The number of benzene rings is 2. The number of carbonyl (C=O) groups is 1. The van der Waals surface area contributed by atoms with Crippen molar-refractivity contribution in [2.75, 3.05) is 26.6 Å². The van der Waals surface area contributed by atoms with Crippen molar-refractivity contribution >= 4 is 28.6 Å². The molecular formula is C22H24N2O5S. The second kappa shape index (κ2) is 10.7. The van der Waals surface area contributed by atoms with Gasteiger partial charge >= 0.3 is 5.97 Å². The van der Waals surface area contributed by atoms with Crippen LogP contribution in [0, 0.1) is 0 Å². The molecule has 0 unspecified atom stereocenters. The normalized spacial score (nSPS) is 10.7. The molecule has 1 heterocycles. The standard InChI is InChI=1S/C22H24N2O5S/c1-27-16-8-10-17(11-9-16)29-14-5-15-30-22-23-19-7-4-3-6-18(19)21(26)24(22)13-12-20(25)28-2/h3-4,6-11H,5,12-15H2,1-2H3. The fraction of sp³-hybridized carbons (Fsp3) is 0.318. The lowest BCUT2D eigenvalue weighted by Crippen LogP contribution is -2.25. The molecule has 0 N–H and O–H groups in total. The van der Waals surface area contributed by atoms with Gasteiger partial charge in [0, 0.05) is 12.3 Å². The summed E-state index contributed by atoms with van der Waals surface area (Å²) in [6, 6.07) is 14.6. The summed E-state index contributed by atoms with van der Waals surface area (Å²) >= 11 is 1.48. The van der Waals surface area contributed by atoms with Crippen LogP contribution in [0.25, 0.3) is 10.9 Å². The van der Waals surface area contributed by atoms with E-state index in [1.165, 1.54) is 18.9 Å². The van der Waals surface area contributed by atoms with E-state index in [4.69, 9.17) is 14.2 Å². The summed E-state index contributed by atoms with van der Waals surface area (Å²) in [5.41, 5.74) is 0.496. The minimum absolute atomic E-state index is 0.116. The molecule has 0 aliphatic carbocycles. The summed E-state index contributed by atoms with van der Waals surface area (Å²) in [5, 5.41) is 1.13. The third kappa shape index (κ3) is 5.54. The highest BCUT2D eigenvalue weighted by molar-refractivity contribution is 7.99. The van der Waals surface area contributed by atoms with Gasteiger partial charge in [0.25, 0.3) is 5.56 Å². The van der Waals surface area contributed by atoms with Gasteiger partial charge in [0.2, 0.25) is 0 Å². The molecule has 8 heteroatoms. The van der Waals surface area contributed by atoms with Crippen LogP contribution >= 0.6 is 11.8 Å². The fourth-order valence-corrected chi connectivity index (χ4v) is 3.78. The SMILES string of the molecule is COC(=O)CCn1c(SCCCOc2ccc(OC)cc2)nc2ccccc2c1=O. The molecule has 0 radical (unpaired) electrons. The Bertz CT molecular complexity index is 1050. The Kier molecular flexibility index (Phi) is 7.73. The Hall–Kier alpha value is -3.00. The minimum atomic E-state index is -0.362. The van der Waals surface area contributed by atoms with Gasteiger partial charge in [-0.2, -0.15) is 0 Å². The van der Waals surface area contributed by atoms with Gasteiger partial charge in [0.1, 0.15) is 11.5 Å². The number of nitrogens with zero attached hydrogens (tertiary/aromatic N) is 2. The lowest BCUT2D eigenvalue weighted by Gasteiger charge is -2.13. The van der Waals surface area contributed by atoms with E-state index >= 15 is 0 Å². The zero-order valence-electron chi connectivity index (χ0n) is 17.0. The predicted molar refractivity (Wildman–Crippen MR) is 116 cm³/mol. The van der Waals surface area contributed by atoms with E-state index in [1.54, 1.807) is 23.8 Å². The average molecular weight is 429 g/mol. The fourth-order valence-electron chi connectivity index (χ4n) is 2.84. The second-order valence-corrected chi connectivity index (χ2v) is 7.48. The summed E-state index contributed by atoms with van der Waals surface area (Å²) in [6.45, 7) is 0.771. The molecule has 0 bridgehead atoms. The van der Waals surface area contributed by atoms with Crippen LogP contribution in [0.2, 0.25) is 0 Å². The van der Waals surface area contributed by atoms with Gasteiger partial charge in [0.15, 0.2) is 5.16 Å². The van der Waals surface area contributed by atoms with Crippen LogP contribution in [0.4, 0.5) is 0 Å². The number of ether oxygens (including phenoxy) is 3. The van der Waals surface area contributed by atoms with Crippen molar-refractivity contribution in [2.24, 2.45) is 0 Å². The van der Waals surface area contributed by atoms with E-state index in [2.05, 4.69) is 4.98 Å². The molecule has 7 nitrogen and oxygen atoms in total. The summed E-state index contributed by atoms with van der Waals surface area (Å²) in [6.07, 6.45) is 0.890. The summed E-state index contributed by atoms with van der Waals surface area (Å²) in [4.78, 5) is 29.1. The second-order valence-electron chi connectivity index (χ2n) is 6.42. The predicted octanol–water partition coefficient (Wildman–Crippen LogP) is 3.53. The number of thioether (sulfide) groups is 1. The third-order valence-corrected chi connectivity index (χ3v) is 5.50. The monoisotopic (exact) mass is 428 g/mol. The van der Waals surface area contributed by atoms with Crippen molar-refractivity contribution in [2.45, 2.75) is 24.5 Å². The molecule has 0 atom stereocenters. The first-order valence-electron chi connectivity index (χ1n) is 9.58. The zero-order valence-corrected chi connectivity index (χ0v) is 17.8. The number of esters is 1. The van der Waals surface area contributed by atoms with Gasteiger partial charge in [-0.25, -0.2) is 4.98 Å². The number of carbonyl (C=O) groups excluding carboxylic acids is 1. The van der Waals surface area contributed by atoms with E-state index in [0.29, 0.717) is 22.7 Å². The van der Waals surface area contributed by atoms with Crippen molar-refractivity contribution < 1.29 is 19.0 Å². The van der Waals surface area contributed by atoms with Crippen LogP contribution < -0.4 is 15.0 Å². The lowest BCUT2D eigenvalue weighted by atomic mass is 10.2. The Morgan fingerprint density at radius 1 is 1.07 bits per heavy atom. The van der Waals surface area contributed by atoms with Crippen molar-refractivity contribution in [3.8, 4) is 11.5 Å². The van der Waals surface area contributed by atoms with Crippen molar-refractivity contribution in [3.05, 3.63) is 58.9 Å². The largest absolute Gasteiger partial charge is 0.497 e. The first-order chi connectivity index (χ1) is 14.6. The van der Waals surface area contributed by atoms with Gasteiger partial charge in [-0.15, -0.1) is 0 Å². The number of hydrogen-bond donors (Lipinski definition) is 0. The van der Waals surface area contributed by atoms with Crippen LogP contribution in [0.3, 0.4) is 0 Å². The van der Waals surface area contributed by atoms with Gasteiger partial charge < -0.3 is 14.2 Å². The molecule has 3 aromatic rings. The molecule has 30 heavy (non-hydrogen) atoms. The molecule has 2 aromatic carbocycles. The van der Waals surface area contributed by atoms with E-state index in [9.17, 15) is 9.59 Å². The highest BCUT2D eigenvalue weighted by Gasteiger charge is 2.13. The van der Waals surface area contributed by atoms with Gasteiger partial charge in [-0.3, -0.25) is 14.2 Å². The van der Waals surface area contributed by atoms with Crippen molar-refractivity contribution in [3.63, 3.8) is 0 Å². The Morgan fingerprint density at radius 3 is 2.53 bits per heavy atom. The highest BCUT2D eigenvalue weighted by Crippen LogP contribution is 2.20. The molecule has 0 fully saturated rings. The number of methoxy groups -OCH3 is 2. The van der Waals surface area contributed by atoms with E-state index in [1.807, 2.05) is 36.4 Å². The number of rotatable bonds is 10. The molecule has 0 saturated heterocycles. The maximum absolute atomic E-state index is 12.9. The summed E-state index contributed by atoms with van der Waals surface area (Å²) in [7, 11) is 2.96. The Labute approximate surface area is 179 Å².